The molecule has 2 aromatic carbocycles. The monoisotopic (exact) mass is 594 g/mol. The van der Waals surface area contributed by atoms with Crippen LogP contribution in [0.15, 0.2) is 54.6 Å². The first-order valence-electron chi connectivity index (χ1n) is 13.8. The van der Waals surface area contributed by atoms with E-state index >= 15 is 0 Å². The molecule has 2 heterocycles. The van der Waals surface area contributed by atoms with Gasteiger partial charge in [0, 0.05) is 37.5 Å². The molecule has 43 heavy (non-hydrogen) atoms. The third-order valence-electron chi connectivity index (χ3n) is 6.83. The zero-order chi connectivity index (χ0) is 31.4. The summed E-state index contributed by atoms with van der Waals surface area (Å²) in [5.41, 5.74) is 1.71. The standard InChI is InChI=1S/C31H33F3N6O3/c1-30(2,3)43-29(42)39(4)23-13-11-22(12-14-23)24-18-26(38-28(37-24)31(32,33)34)40-17-5-6-25(40)27(41)36-16-15-20-7-9-21(19-35)10-8-20/h7-14,18,25H,5-6,15-17H2,1-4H3,(H,36,41)/t25-/m0/s1. The number of aromatic nitrogens is 2. The molecule has 12 heteroatoms. The van der Waals surface area contributed by atoms with E-state index in [4.69, 9.17) is 10.00 Å². The van der Waals surface area contributed by atoms with Crippen molar-refractivity contribution >= 4 is 23.5 Å². The van der Waals surface area contributed by atoms with Crippen molar-refractivity contribution in [1.29, 1.82) is 5.26 Å². The Kier molecular flexibility index (Phi) is 9.23. The molecule has 226 valence electrons. The molecule has 1 aliphatic heterocycles. The number of amides is 2. The smallest absolute Gasteiger partial charge is 0.443 e. The van der Waals surface area contributed by atoms with Crippen LogP contribution in [-0.2, 0) is 22.1 Å². The molecule has 0 unspecified atom stereocenters. The van der Waals surface area contributed by atoms with Crippen LogP contribution in [0.2, 0.25) is 0 Å². The number of nitrogens with one attached hydrogen (secondary N) is 1. The zero-order valence-electron chi connectivity index (χ0n) is 24.4. The van der Waals surface area contributed by atoms with E-state index in [1.807, 2.05) is 12.1 Å². The number of anilines is 2. The maximum atomic E-state index is 13.9. The normalized spacial score (nSPS) is 15.1. The molecule has 1 saturated heterocycles. The van der Waals surface area contributed by atoms with E-state index in [1.54, 1.807) is 62.1 Å². The lowest BCUT2D eigenvalue weighted by atomic mass is 10.1. The number of nitrogens with zero attached hydrogens (tertiary/aromatic N) is 5. The van der Waals surface area contributed by atoms with E-state index in [2.05, 4.69) is 21.4 Å². The van der Waals surface area contributed by atoms with Crippen LogP contribution in [0, 0.1) is 11.3 Å². The summed E-state index contributed by atoms with van der Waals surface area (Å²) < 4.78 is 47.0. The molecule has 9 nitrogen and oxygen atoms in total. The Morgan fingerprint density at radius 2 is 1.77 bits per heavy atom. The van der Waals surface area contributed by atoms with Gasteiger partial charge in [0.15, 0.2) is 0 Å². The van der Waals surface area contributed by atoms with Gasteiger partial charge >= 0.3 is 12.3 Å². The van der Waals surface area contributed by atoms with Crippen LogP contribution in [-0.4, -0.2) is 53.7 Å². The number of benzene rings is 2. The van der Waals surface area contributed by atoms with Crippen LogP contribution in [0.4, 0.5) is 29.5 Å². The Balaban J connectivity index is 1.53. The summed E-state index contributed by atoms with van der Waals surface area (Å²) in [6.45, 7) is 5.94. The molecule has 0 aliphatic carbocycles. The fourth-order valence-electron chi connectivity index (χ4n) is 4.66. The number of ether oxygens (including phenoxy) is 1. The van der Waals surface area contributed by atoms with Gasteiger partial charge in [0.05, 0.1) is 17.3 Å². The third kappa shape index (κ3) is 8.00. The second-order valence-electron chi connectivity index (χ2n) is 11.2. The van der Waals surface area contributed by atoms with Crippen molar-refractivity contribution < 1.29 is 27.5 Å². The van der Waals surface area contributed by atoms with Crippen LogP contribution in [0.5, 0.6) is 0 Å². The first kappa shape index (κ1) is 31.3. The van der Waals surface area contributed by atoms with Crippen molar-refractivity contribution in [1.82, 2.24) is 15.3 Å². The van der Waals surface area contributed by atoms with Gasteiger partial charge in [-0.3, -0.25) is 9.69 Å². The highest BCUT2D eigenvalue weighted by Gasteiger charge is 2.38. The average Bonchev–Trinajstić information content (AvgIpc) is 3.46. The fourth-order valence-corrected chi connectivity index (χ4v) is 4.66. The largest absolute Gasteiger partial charge is 0.451 e. The number of nitriles is 1. The molecule has 4 rings (SSSR count). The summed E-state index contributed by atoms with van der Waals surface area (Å²) in [5.74, 6) is -1.59. The summed E-state index contributed by atoms with van der Waals surface area (Å²) in [6, 6.07) is 16.2. The summed E-state index contributed by atoms with van der Waals surface area (Å²) in [5, 5.41) is 11.8. The SMILES string of the molecule is CN(C(=O)OC(C)(C)C)c1ccc(-c2cc(N3CCC[C@H]3C(=O)NCCc3ccc(C#N)cc3)nc(C(F)(F)F)n2)cc1. The Labute approximate surface area is 248 Å². The Morgan fingerprint density at radius 3 is 2.37 bits per heavy atom. The number of rotatable bonds is 7. The Hall–Kier alpha value is -4.66. The van der Waals surface area contributed by atoms with Gasteiger partial charge in [0.1, 0.15) is 17.5 Å². The van der Waals surface area contributed by atoms with Crippen LogP contribution >= 0.6 is 0 Å². The molecule has 1 atom stereocenters. The van der Waals surface area contributed by atoms with Crippen molar-refractivity contribution in [3.8, 4) is 17.3 Å². The average molecular weight is 595 g/mol. The van der Waals surface area contributed by atoms with Crippen LogP contribution in [0.3, 0.4) is 0 Å². The lowest BCUT2D eigenvalue weighted by Gasteiger charge is -2.26. The minimum absolute atomic E-state index is 0.0111. The fraction of sp³-hybridized carbons (Fsp3) is 0.387. The van der Waals surface area contributed by atoms with Gasteiger partial charge in [0.25, 0.3) is 0 Å². The van der Waals surface area contributed by atoms with Crippen molar-refractivity contribution in [3.05, 3.63) is 71.5 Å². The molecule has 1 fully saturated rings. The van der Waals surface area contributed by atoms with E-state index in [0.29, 0.717) is 49.2 Å². The van der Waals surface area contributed by atoms with Gasteiger partial charge in [0.2, 0.25) is 11.7 Å². The number of carbonyl (C=O) groups is 2. The predicted molar refractivity (Wildman–Crippen MR) is 155 cm³/mol. The van der Waals surface area contributed by atoms with E-state index in [-0.39, 0.29) is 17.4 Å². The molecular weight excluding hydrogens is 561 g/mol. The Bertz CT molecular complexity index is 1500. The number of hydrogen-bond donors (Lipinski definition) is 1. The zero-order valence-corrected chi connectivity index (χ0v) is 24.4. The highest BCUT2D eigenvalue weighted by atomic mass is 19.4. The van der Waals surface area contributed by atoms with Crippen molar-refractivity contribution in [2.45, 2.75) is 57.9 Å². The van der Waals surface area contributed by atoms with Gasteiger partial charge in [-0.2, -0.15) is 18.4 Å². The van der Waals surface area contributed by atoms with Crippen molar-refractivity contribution in [2.75, 3.05) is 29.9 Å². The van der Waals surface area contributed by atoms with Gasteiger partial charge in [-0.25, -0.2) is 14.8 Å². The van der Waals surface area contributed by atoms with Gasteiger partial charge in [-0.05, 0) is 69.9 Å². The molecule has 1 N–H and O–H groups in total. The molecule has 0 saturated carbocycles. The lowest BCUT2D eigenvalue weighted by Crippen LogP contribution is -2.44. The van der Waals surface area contributed by atoms with E-state index in [1.165, 1.54) is 18.0 Å². The molecule has 3 aromatic rings. The molecule has 2 amide bonds. The van der Waals surface area contributed by atoms with E-state index < -0.39 is 29.7 Å². The molecule has 1 aliphatic rings. The lowest BCUT2D eigenvalue weighted by molar-refractivity contribution is -0.144. The summed E-state index contributed by atoms with van der Waals surface area (Å²) >= 11 is 0. The first-order chi connectivity index (χ1) is 20.2. The minimum atomic E-state index is -4.81. The quantitative estimate of drug-likeness (QED) is 0.372. The van der Waals surface area contributed by atoms with E-state index in [0.717, 1.165) is 5.56 Å². The Morgan fingerprint density at radius 1 is 1.09 bits per heavy atom. The maximum Gasteiger partial charge on any atom is 0.451 e. The summed E-state index contributed by atoms with van der Waals surface area (Å²) in [4.78, 5) is 36.0. The minimum Gasteiger partial charge on any atom is -0.443 e. The van der Waals surface area contributed by atoms with Crippen LogP contribution in [0.1, 0.15) is 50.6 Å². The van der Waals surface area contributed by atoms with Crippen molar-refractivity contribution in [2.24, 2.45) is 0 Å². The van der Waals surface area contributed by atoms with Gasteiger partial charge in [-0.1, -0.05) is 24.3 Å². The van der Waals surface area contributed by atoms with Crippen LogP contribution in [0.25, 0.3) is 11.3 Å². The maximum absolute atomic E-state index is 13.9. The first-order valence-corrected chi connectivity index (χ1v) is 13.8. The topological polar surface area (TPSA) is 111 Å². The van der Waals surface area contributed by atoms with Crippen LogP contribution < -0.4 is 15.1 Å². The van der Waals surface area contributed by atoms with Gasteiger partial charge in [-0.15, -0.1) is 0 Å². The number of alkyl halides is 3. The predicted octanol–water partition coefficient (Wildman–Crippen LogP) is 5.73. The second-order valence-corrected chi connectivity index (χ2v) is 11.2. The number of carbonyl (C=O) groups excluding carboxylic acids is 2. The van der Waals surface area contributed by atoms with E-state index in [9.17, 15) is 22.8 Å². The highest BCUT2D eigenvalue weighted by Crippen LogP contribution is 2.34. The number of halogens is 3. The van der Waals surface area contributed by atoms with Gasteiger partial charge < -0.3 is 15.0 Å². The molecule has 0 radical (unpaired) electrons. The highest BCUT2D eigenvalue weighted by molar-refractivity contribution is 5.88. The molecule has 0 bridgehead atoms. The number of hydrogen-bond acceptors (Lipinski definition) is 7. The van der Waals surface area contributed by atoms with Crippen molar-refractivity contribution in [3.63, 3.8) is 0 Å². The third-order valence-corrected chi connectivity index (χ3v) is 6.83. The summed E-state index contributed by atoms with van der Waals surface area (Å²) in [7, 11) is 1.54. The molecule has 0 spiro atoms. The summed E-state index contributed by atoms with van der Waals surface area (Å²) in [6.07, 6.45) is -3.76. The molecule has 1 aromatic heterocycles. The molecular formula is C31H33F3N6O3. The second kappa shape index (κ2) is 12.7.